The normalized spacial score (nSPS) is 18.7. The third-order valence-electron chi connectivity index (χ3n) is 13.0. The lowest BCUT2D eigenvalue weighted by Crippen LogP contribution is -2.61. The van der Waals surface area contributed by atoms with Crippen molar-refractivity contribution in [1.82, 2.24) is 0 Å². The van der Waals surface area contributed by atoms with E-state index in [2.05, 4.69) is 81.5 Å². The molecule has 1 rings (SSSR count). The predicted octanol–water partition coefficient (Wildman–Crippen LogP) is 14.8. The molecule has 1 heterocycles. The van der Waals surface area contributed by atoms with Gasteiger partial charge in [-0.15, -0.1) is 0 Å². The van der Waals surface area contributed by atoms with Gasteiger partial charge in [0.15, 0.2) is 24.6 Å². The van der Waals surface area contributed by atoms with Gasteiger partial charge in [0, 0.05) is 19.3 Å². The third-order valence-corrected chi connectivity index (χ3v) is 13.0. The van der Waals surface area contributed by atoms with Gasteiger partial charge < -0.3 is 39.0 Å². The van der Waals surface area contributed by atoms with Crippen LogP contribution < -0.4 is 0 Å². The van der Waals surface area contributed by atoms with Gasteiger partial charge in [-0.2, -0.15) is 0 Å². The number of carboxylic acid groups (broad SMARTS) is 1. The molecular weight excluding hydrogens is 925 g/mol. The number of hydrogen-bond acceptors (Lipinski definition) is 11. The second-order valence-corrected chi connectivity index (χ2v) is 19.9. The van der Waals surface area contributed by atoms with E-state index < -0.39 is 67.3 Å². The number of carbonyl (C=O) groups excluding carboxylic acids is 3. The van der Waals surface area contributed by atoms with E-state index in [1.54, 1.807) is 0 Å². The van der Waals surface area contributed by atoms with Crippen LogP contribution in [-0.4, -0.2) is 89.2 Å². The molecular formula is C61H104O12. The Labute approximate surface area is 443 Å². The number of carboxylic acids is 1. The predicted molar refractivity (Wildman–Crippen MR) is 294 cm³/mol. The average molecular weight is 1030 g/mol. The molecule has 1 saturated heterocycles. The molecule has 1 aliphatic heterocycles. The maximum Gasteiger partial charge on any atom is 0.335 e. The number of esters is 3. The SMILES string of the molecule is CC/C=C\C/C=C\C/C=C\CCCCCCCC(=O)OC1C(OCC(COC(=O)CCCCCCCCC/C=C\CCCCCCCC)OC(=O)CCCCCCC/C=C\CCCC)OC(C(=O)O)C(O)C1O. The van der Waals surface area contributed by atoms with E-state index in [1.807, 2.05) is 0 Å². The minimum absolute atomic E-state index is 0.0393. The Hall–Kier alpha value is -3.58. The highest BCUT2D eigenvalue weighted by molar-refractivity contribution is 5.74. The first-order valence-corrected chi connectivity index (χ1v) is 29.3. The number of rotatable bonds is 49. The fourth-order valence-corrected chi connectivity index (χ4v) is 8.53. The van der Waals surface area contributed by atoms with E-state index in [4.69, 9.17) is 23.7 Å². The molecule has 0 saturated carbocycles. The number of aliphatic carboxylic acids is 1. The summed E-state index contributed by atoms with van der Waals surface area (Å²) in [5.41, 5.74) is 0. The first kappa shape index (κ1) is 67.4. The molecule has 0 aromatic rings. The molecule has 6 atom stereocenters. The van der Waals surface area contributed by atoms with Gasteiger partial charge in [-0.3, -0.25) is 14.4 Å². The van der Waals surface area contributed by atoms with Crippen molar-refractivity contribution < 1.29 is 58.2 Å². The van der Waals surface area contributed by atoms with Crippen molar-refractivity contribution in [2.45, 2.75) is 289 Å². The van der Waals surface area contributed by atoms with Crippen LogP contribution in [0.25, 0.3) is 0 Å². The summed E-state index contributed by atoms with van der Waals surface area (Å²) in [6.45, 7) is 5.82. The lowest BCUT2D eigenvalue weighted by Gasteiger charge is -2.40. The highest BCUT2D eigenvalue weighted by Crippen LogP contribution is 2.26. The lowest BCUT2D eigenvalue weighted by molar-refractivity contribution is -0.301. The summed E-state index contributed by atoms with van der Waals surface area (Å²) < 4.78 is 28.4. The number of carbonyl (C=O) groups is 4. The van der Waals surface area contributed by atoms with Crippen LogP contribution in [0.15, 0.2) is 60.8 Å². The Bertz CT molecular complexity index is 1500. The van der Waals surface area contributed by atoms with Gasteiger partial charge in [0.25, 0.3) is 0 Å². The van der Waals surface area contributed by atoms with E-state index in [1.165, 1.54) is 77.0 Å². The summed E-state index contributed by atoms with van der Waals surface area (Å²) in [7, 11) is 0. The fourth-order valence-electron chi connectivity index (χ4n) is 8.53. The Morgan fingerprint density at radius 2 is 0.877 bits per heavy atom. The van der Waals surface area contributed by atoms with Crippen LogP contribution in [0.2, 0.25) is 0 Å². The van der Waals surface area contributed by atoms with E-state index in [9.17, 15) is 34.5 Å². The molecule has 73 heavy (non-hydrogen) atoms. The van der Waals surface area contributed by atoms with Crippen molar-refractivity contribution >= 4 is 23.9 Å². The van der Waals surface area contributed by atoms with Crippen LogP contribution in [0.1, 0.15) is 252 Å². The number of unbranched alkanes of at least 4 members (excludes halogenated alkanes) is 25. The van der Waals surface area contributed by atoms with E-state index in [-0.39, 0.29) is 25.9 Å². The fraction of sp³-hybridized carbons (Fsp3) is 0.770. The Morgan fingerprint density at radius 1 is 0.466 bits per heavy atom. The van der Waals surface area contributed by atoms with Gasteiger partial charge in [0.05, 0.1) is 6.61 Å². The van der Waals surface area contributed by atoms with Gasteiger partial charge in [0.2, 0.25) is 0 Å². The van der Waals surface area contributed by atoms with Crippen molar-refractivity contribution in [3.05, 3.63) is 60.8 Å². The first-order chi connectivity index (χ1) is 35.6. The summed E-state index contributed by atoms with van der Waals surface area (Å²) in [6, 6.07) is 0. The zero-order valence-electron chi connectivity index (χ0n) is 46.1. The van der Waals surface area contributed by atoms with Gasteiger partial charge in [-0.05, 0) is 96.3 Å². The Kier molecular flexibility index (Phi) is 45.5. The minimum atomic E-state index is -1.91. The maximum atomic E-state index is 13.1. The second kappa shape index (κ2) is 49.3. The molecule has 3 N–H and O–H groups in total. The van der Waals surface area contributed by atoms with Crippen molar-refractivity contribution in [3.8, 4) is 0 Å². The van der Waals surface area contributed by atoms with Gasteiger partial charge >= 0.3 is 23.9 Å². The van der Waals surface area contributed by atoms with Crippen LogP contribution in [0.3, 0.4) is 0 Å². The monoisotopic (exact) mass is 1030 g/mol. The third kappa shape index (κ3) is 39.5. The second-order valence-electron chi connectivity index (χ2n) is 19.9. The molecule has 0 radical (unpaired) electrons. The molecule has 12 heteroatoms. The van der Waals surface area contributed by atoms with Crippen molar-refractivity contribution in [3.63, 3.8) is 0 Å². The summed E-state index contributed by atoms with van der Waals surface area (Å²) in [4.78, 5) is 51.0. The minimum Gasteiger partial charge on any atom is -0.479 e. The van der Waals surface area contributed by atoms with Crippen molar-refractivity contribution in [2.24, 2.45) is 0 Å². The topological polar surface area (TPSA) is 175 Å². The smallest absolute Gasteiger partial charge is 0.335 e. The summed E-state index contributed by atoms with van der Waals surface area (Å²) in [6.07, 6.45) is 47.7. The van der Waals surface area contributed by atoms with E-state index >= 15 is 0 Å². The van der Waals surface area contributed by atoms with E-state index in [0.29, 0.717) is 19.3 Å². The standard InChI is InChI=1S/C61H104O12/c1-4-7-10-13-16-19-22-24-26-27-29-30-33-35-38-41-44-47-53(62)69-50-52(71-54(63)48-45-42-39-36-32-21-18-15-12-9-6-3)51-70-61-59(57(66)56(65)58(73-61)60(67)68)72-55(64)49-46-43-40-37-34-31-28-25-23-20-17-14-11-8-5-2/h8,11,15,17-18,20,24-26,28,52,56-59,61,65-66H,4-7,9-10,12-14,16,19,21-23,27,29-51H2,1-3H3,(H,67,68)/b11-8-,18-15-,20-17-,26-24-,28-25-. The molecule has 0 aromatic heterocycles. The first-order valence-electron chi connectivity index (χ1n) is 29.3. The van der Waals surface area contributed by atoms with Crippen LogP contribution in [0.4, 0.5) is 0 Å². The number of allylic oxidation sites excluding steroid dienone is 10. The number of ether oxygens (including phenoxy) is 5. The molecule has 0 amide bonds. The Balaban J connectivity index is 2.68. The summed E-state index contributed by atoms with van der Waals surface area (Å²) in [5.74, 6) is -3.15. The van der Waals surface area contributed by atoms with Crippen molar-refractivity contribution in [1.29, 1.82) is 0 Å². The van der Waals surface area contributed by atoms with Crippen LogP contribution >= 0.6 is 0 Å². The number of aliphatic hydroxyl groups is 2. The number of hydrogen-bond donors (Lipinski definition) is 3. The van der Waals surface area contributed by atoms with Crippen LogP contribution in [-0.2, 0) is 42.9 Å². The van der Waals surface area contributed by atoms with Crippen LogP contribution in [0.5, 0.6) is 0 Å². The van der Waals surface area contributed by atoms with Crippen LogP contribution in [0, 0.1) is 0 Å². The quantitative estimate of drug-likeness (QED) is 0.0228. The highest BCUT2D eigenvalue weighted by Gasteiger charge is 2.50. The number of aliphatic hydroxyl groups excluding tert-OH is 2. The molecule has 12 nitrogen and oxygen atoms in total. The lowest BCUT2D eigenvalue weighted by atomic mass is 9.98. The molecule has 1 aliphatic rings. The molecule has 1 fully saturated rings. The molecule has 0 bridgehead atoms. The Morgan fingerprint density at radius 3 is 1.37 bits per heavy atom. The molecule has 0 aliphatic carbocycles. The van der Waals surface area contributed by atoms with Crippen molar-refractivity contribution in [2.75, 3.05) is 13.2 Å². The zero-order valence-corrected chi connectivity index (χ0v) is 46.1. The molecule has 420 valence electrons. The molecule has 6 unspecified atom stereocenters. The molecule has 0 aromatic carbocycles. The maximum absolute atomic E-state index is 13.1. The zero-order chi connectivity index (χ0) is 53.3. The van der Waals surface area contributed by atoms with E-state index in [0.717, 1.165) is 116 Å². The summed E-state index contributed by atoms with van der Waals surface area (Å²) >= 11 is 0. The summed E-state index contributed by atoms with van der Waals surface area (Å²) in [5, 5.41) is 31.4. The van der Waals surface area contributed by atoms with Gasteiger partial charge in [-0.1, -0.05) is 197 Å². The largest absolute Gasteiger partial charge is 0.479 e. The average Bonchev–Trinajstić information content (AvgIpc) is 3.37. The molecule has 0 spiro atoms. The van der Waals surface area contributed by atoms with Gasteiger partial charge in [0.1, 0.15) is 18.8 Å². The van der Waals surface area contributed by atoms with Gasteiger partial charge in [-0.25, -0.2) is 4.79 Å². The highest BCUT2D eigenvalue weighted by atomic mass is 16.7.